The Morgan fingerprint density at radius 2 is 2.18 bits per heavy atom. The number of thiophene rings is 1. The normalized spacial score (nSPS) is 27.4. The highest BCUT2D eigenvalue weighted by molar-refractivity contribution is 7.12. The summed E-state index contributed by atoms with van der Waals surface area (Å²) in [7, 11) is 1.52. The molecule has 0 unspecified atom stereocenters. The lowest BCUT2D eigenvalue weighted by Crippen LogP contribution is -2.70. The average molecular weight is 402 g/mol. The van der Waals surface area contributed by atoms with Gasteiger partial charge in [-0.05, 0) is 31.1 Å². The predicted molar refractivity (Wildman–Crippen MR) is 104 cm³/mol. The number of halogens is 2. The summed E-state index contributed by atoms with van der Waals surface area (Å²) < 4.78 is 26.6. The number of hydrogen-bond acceptors (Lipinski definition) is 4. The van der Waals surface area contributed by atoms with Gasteiger partial charge in [-0.1, -0.05) is 24.8 Å². The lowest BCUT2D eigenvalue weighted by molar-refractivity contribution is -0.142. The number of nitrogens with zero attached hydrogens (tertiary/aromatic N) is 2. The Bertz CT molecular complexity index is 981. The van der Waals surface area contributed by atoms with Crippen LogP contribution in [0.15, 0.2) is 48.1 Å². The van der Waals surface area contributed by atoms with Crippen LogP contribution in [0, 0.1) is 22.2 Å². The van der Waals surface area contributed by atoms with Crippen LogP contribution in [0.4, 0.5) is 8.78 Å². The van der Waals surface area contributed by atoms with Crippen LogP contribution in [0.5, 0.6) is 0 Å². The molecule has 5 nitrogen and oxygen atoms in total. The van der Waals surface area contributed by atoms with Crippen molar-refractivity contribution in [1.82, 2.24) is 10.2 Å². The summed E-state index contributed by atoms with van der Waals surface area (Å²) in [6.07, 6.45) is 4.90. The SMILES string of the molecule is C=C(/C=C\C1=C[C@@]2(C1)C(=O)N(C)C(=N)N[C@]2(C)c1ccc(C#N)s1)C(C)(F)F. The molecular formula is C20H20F2N4OS. The molecule has 1 aromatic heterocycles. The summed E-state index contributed by atoms with van der Waals surface area (Å²) in [5.41, 5.74) is -1.46. The highest BCUT2D eigenvalue weighted by atomic mass is 32.1. The maximum absolute atomic E-state index is 13.3. The molecule has 2 N–H and O–H groups in total. The second-order valence-corrected chi connectivity index (χ2v) is 8.44. The van der Waals surface area contributed by atoms with E-state index in [9.17, 15) is 13.6 Å². The molecule has 8 heteroatoms. The van der Waals surface area contributed by atoms with Crippen molar-refractivity contribution < 1.29 is 13.6 Å². The molecule has 0 aromatic carbocycles. The maximum Gasteiger partial charge on any atom is 0.269 e. The number of allylic oxidation sites excluding steroid dienone is 4. The van der Waals surface area contributed by atoms with E-state index in [1.807, 2.05) is 6.92 Å². The first-order valence-electron chi connectivity index (χ1n) is 8.57. The van der Waals surface area contributed by atoms with Gasteiger partial charge in [0.1, 0.15) is 16.4 Å². The van der Waals surface area contributed by atoms with E-state index in [-0.39, 0.29) is 17.4 Å². The van der Waals surface area contributed by atoms with Gasteiger partial charge < -0.3 is 5.32 Å². The van der Waals surface area contributed by atoms with Crippen molar-refractivity contribution >= 4 is 23.2 Å². The molecule has 0 saturated carbocycles. The summed E-state index contributed by atoms with van der Waals surface area (Å²) in [6, 6.07) is 5.56. The molecule has 1 amide bonds. The molecular weight excluding hydrogens is 382 g/mol. The standard InChI is InChI=1S/C20H20F2N4OS/c1-12(19(3,21)22)5-6-13-9-20(10-13)16(27)26(4)17(24)25-18(20,2)15-8-7-14(11-23)28-15/h5-9H,1,10H2,2-4H3,(H2,24,25)/b6-5-/t18-,20-/m1/s1. The molecule has 1 aliphatic heterocycles. The van der Waals surface area contributed by atoms with Gasteiger partial charge in [-0.2, -0.15) is 5.26 Å². The zero-order valence-electron chi connectivity index (χ0n) is 15.8. The van der Waals surface area contributed by atoms with Crippen LogP contribution in [-0.2, 0) is 10.3 Å². The van der Waals surface area contributed by atoms with Gasteiger partial charge in [0.2, 0.25) is 5.91 Å². The Morgan fingerprint density at radius 3 is 2.71 bits per heavy atom. The van der Waals surface area contributed by atoms with Crippen molar-refractivity contribution in [3.63, 3.8) is 0 Å². The highest BCUT2D eigenvalue weighted by Crippen LogP contribution is 2.56. The maximum atomic E-state index is 13.3. The molecule has 1 saturated heterocycles. The highest BCUT2D eigenvalue weighted by Gasteiger charge is 2.62. The van der Waals surface area contributed by atoms with Crippen molar-refractivity contribution in [2.24, 2.45) is 5.41 Å². The van der Waals surface area contributed by atoms with Gasteiger partial charge in [0.15, 0.2) is 5.96 Å². The summed E-state index contributed by atoms with van der Waals surface area (Å²) in [5.74, 6) is -3.28. The monoisotopic (exact) mass is 402 g/mol. The molecule has 2 aliphatic rings. The Kier molecular flexibility index (Phi) is 4.55. The van der Waals surface area contributed by atoms with Gasteiger partial charge in [0, 0.05) is 24.4 Å². The largest absolute Gasteiger partial charge is 0.345 e. The van der Waals surface area contributed by atoms with E-state index in [1.54, 1.807) is 24.3 Å². The van der Waals surface area contributed by atoms with E-state index in [4.69, 9.17) is 10.7 Å². The third-order valence-electron chi connectivity index (χ3n) is 5.47. The second kappa shape index (κ2) is 6.38. The first kappa shape index (κ1) is 20.0. The van der Waals surface area contributed by atoms with E-state index in [0.717, 1.165) is 17.4 Å². The fourth-order valence-corrected chi connectivity index (χ4v) is 4.52. The molecule has 146 valence electrons. The van der Waals surface area contributed by atoms with E-state index in [1.165, 1.54) is 29.4 Å². The van der Waals surface area contributed by atoms with Crippen LogP contribution >= 0.6 is 11.3 Å². The second-order valence-electron chi connectivity index (χ2n) is 7.35. The van der Waals surface area contributed by atoms with E-state index in [2.05, 4.69) is 18.0 Å². The Balaban J connectivity index is 2.01. The number of guanidine groups is 1. The van der Waals surface area contributed by atoms with Crippen molar-refractivity contribution in [2.45, 2.75) is 31.7 Å². The van der Waals surface area contributed by atoms with Gasteiger partial charge in [0.25, 0.3) is 5.92 Å². The molecule has 1 spiro atoms. The van der Waals surface area contributed by atoms with Crippen LogP contribution in [0.1, 0.15) is 30.0 Å². The number of hydrogen-bond donors (Lipinski definition) is 2. The number of nitrogens with one attached hydrogen (secondary N) is 2. The van der Waals surface area contributed by atoms with Crippen molar-refractivity contribution in [3.05, 3.63) is 57.8 Å². The first-order valence-corrected chi connectivity index (χ1v) is 9.38. The number of carbonyl (C=O) groups is 1. The molecule has 0 bridgehead atoms. The summed E-state index contributed by atoms with van der Waals surface area (Å²) >= 11 is 1.27. The van der Waals surface area contributed by atoms with Gasteiger partial charge in [-0.25, -0.2) is 8.78 Å². The van der Waals surface area contributed by atoms with Gasteiger partial charge in [-0.15, -0.1) is 11.3 Å². The third kappa shape index (κ3) is 2.87. The molecule has 1 fully saturated rings. The minimum atomic E-state index is -3.00. The fraction of sp³-hybridized carbons (Fsp3) is 0.350. The predicted octanol–water partition coefficient (Wildman–Crippen LogP) is 3.92. The fourth-order valence-electron chi connectivity index (χ4n) is 3.52. The zero-order chi connectivity index (χ0) is 20.9. The van der Waals surface area contributed by atoms with Crippen molar-refractivity contribution in [2.75, 3.05) is 7.05 Å². The molecule has 1 aliphatic carbocycles. The van der Waals surface area contributed by atoms with Crippen molar-refractivity contribution in [3.8, 4) is 6.07 Å². The Morgan fingerprint density at radius 1 is 1.54 bits per heavy atom. The van der Waals surface area contributed by atoms with Crippen molar-refractivity contribution in [1.29, 1.82) is 10.7 Å². The molecule has 0 radical (unpaired) electrons. The molecule has 2 heterocycles. The summed E-state index contributed by atoms with van der Waals surface area (Å²) in [4.78, 5) is 15.6. The minimum absolute atomic E-state index is 0.0265. The molecule has 28 heavy (non-hydrogen) atoms. The van der Waals surface area contributed by atoms with E-state index < -0.39 is 16.9 Å². The molecule has 2 atom stereocenters. The number of nitriles is 1. The summed E-state index contributed by atoms with van der Waals surface area (Å²) in [6.45, 7) is 5.99. The Hall–Kier alpha value is -2.79. The third-order valence-corrected chi connectivity index (χ3v) is 6.68. The quantitative estimate of drug-likeness (QED) is 0.749. The van der Waals surface area contributed by atoms with Crippen LogP contribution in [0.25, 0.3) is 0 Å². The zero-order valence-corrected chi connectivity index (χ0v) is 16.6. The summed E-state index contributed by atoms with van der Waals surface area (Å²) in [5, 5.41) is 20.4. The number of amides is 1. The number of carbonyl (C=O) groups excluding carboxylic acids is 1. The van der Waals surface area contributed by atoms with E-state index >= 15 is 0 Å². The number of alkyl halides is 2. The van der Waals surface area contributed by atoms with Gasteiger partial charge in [-0.3, -0.25) is 15.1 Å². The van der Waals surface area contributed by atoms with Gasteiger partial charge >= 0.3 is 0 Å². The first-order chi connectivity index (χ1) is 12.9. The van der Waals surface area contributed by atoms with Crippen LogP contribution in [-0.4, -0.2) is 29.7 Å². The Labute approximate surface area is 166 Å². The van der Waals surface area contributed by atoms with Gasteiger partial charge in [0.05, 0.1) is 5.54 Å². The van der Waals surface area contributed by atoms with E-state index in [0.29, 0.717) is 11.3 Å². The lowest BCUT2D eigenvalue weighted by Gasteiger charge is -2.56. The minimum Gasteiger partial charge on any atom is -0.345 e. The topological polar surface area (TPSA) is 80.0 Å². The van der Waals surface area contributed by atoms with Crippen LogP contribution in [0.3, 0.4) is 0 Å². The average Bonchev–Trinajstić information content (AvgIpc) is 3.07. The lowest BCUT2D eigenvalue weighted by atomic mass is 9.57. The molecule has 1 aromatic rings. The van der Waals surface area contributed by atoms with Crippen LogP contribution < -0.4 is 5.32 Å². The van der Waals surface area contributed by atoms with Crippen LogP contribution in [0.2, 0.25) is 0 Å². The smallest absolute Gasteiger partial charge is 0.269 e. The molecule has 3 rings (SSSR count). The number of rotatable bonds is 4.